The van der Waals surface area contributed by atoms with Gasteiger partial charge in [0.2, 0.25) is 0 Å². The number of allylic oxidation sites excluding steroid dienone is 1. The molecule has 0 aromatic heterocycles. The number of aryl methyl sites for hydroxylation is 1. The van der Waals surface area contributed by atoms with Gasteiger partial charge in [-0.25, -0.2) is 0 Å². The van der Waals surface area contributed by atoms with Gasteiger partial charge in [-0.15, -0.1) is 0 Å². The Morgan fingerprint density at radius 3 is 2.00 bits per heavy atom. The molecule has 0 amide bonds. The molecule has 0 bridgehead atoms. The fraction of sp³-hybridized carbons (Fsp3) is 0.158. The second kappa shape index (κ2) is 12.3. The molecule has 0 saturated heterocycles. The Kier molecular flexibility index (Phi) is 14.4. The van der Waals surface area contributed by atoms with Gasteiger partial charge < -0.3 is 12.5 Å². The number of rotatable bonds is 3. The zero-order chi connectivity index (χ0) is 13.0. The van der Waals surface area contributed by atoms with Crippen molar-refractivity contribution in [3.63, 3.8) is 0 Å². The summed E-state index contributed by atoms with van der Waals surface area (Å²) < 4.78 is 0. The number of hydrogen-bond acceptors (Lipinski definition) is 2. The maximum absolute atomic E-state index is 11.9. The summed E-state index contributed by atoms with van der Waals surface area (Å²) in [4.78, 5) is 11.9. The molecule has 0 heterocycles. The van der Waals surface area contributed by atoms with E-state index in [1.54, 1.807) is 36.4 Å². The Morgan fingerprint density at radius 2 is 1.50 bits per heavy atom. The Hall–Kier alpha value is -1.25. The average molecular weight is 373 g/mol. The monoisotopic (exact) mass is 373 g/mol. The van der Waals surface area contributed by atoms with Crippen molar-refractivity contribution >= 4 is 11.5 Å². The molecule has 2 aromatic carbocycles. The van der Waals surface area contributed by atoms with E-state index in [9.17, 15) is 9.90 Å². The maximum atomic E-state index is 11.9. The molecule has 2 aromatic rings. The summed E-state index contributed by atoms with van der Waals surface area (Å²) in [5, 5.41) is 9.83. The predicted molar refractivity (Wildman–Crippen MR) is 91.3 cm³/mol. The molecule has 0 aliphatic heterocycles. The number of ketones is 1. The van der Waals surface area contributed by atoms with Crippen LogP contribution in [0.25, 0.3) is 5.76 Å². The third-order valence-electron chi connectivity index (χ3n) is 2.62. The van der Waals surface area contributed by atoms with Crippen LogP contribution >= 0.6 is 0 Å². The Labute approximate surface area is 160 Å². The molecule has 0 saturated carbocycles. The van der Waals surface area contributed by atoms with E-state index in [1.807, 2.05) is 19.1 Å². The molecule has 1 radical (unpaired) electrons. The number of hydrogen-bond donors (Lipinski definition) is 1. The van der Waals surface area contributed by atoms with Crippen molar-refractivity contribution in [2.45, 2.75) is 21.8 Å². The van der Waals surface area contributed by atoms with Gasteiger partial charge in [0.05, 0.1) is 0 Å². The van der Waals surface area contributed by atoms with Crippen LogP contribution in [-0.2, 0) is 32.7 Å². The van der Waals surface area contributed by atoms with E-state index in [0.29, 0.717) is 11.1 Å². The first-order chi connectivity index (χ1) is 8.66. The van der Waals surface area contributed by atoms with E-state index in [4.69, 9.17) is 0 Å². The summed E-state index contributed by atoms with van der Waals surface area (Å²) in [5.41, 5.74) is 2.27. The number of carbonyl (C=O) groups excluding carboxylic acids is 1. The van der Waals surface area contributed by atoms with Gasteiger partial charge in [0.15, 0.2) is 5.78 Å². The minimum absolute atomic E-state index is 0. The predicted octanol–water partition coefficient (Wildman–Crippen LogP) is 5.30. The van der Waals surface area contributed by atoms with Gasteiger partial charge in [-0.05, 0) is 6.92 Å². The summed E-state index contributed by atoms with van der Waals surface area (Å²) in [7, 11) is 0. The van der Waals surface area contributed by atoms with Crippen molar-refractivity contribution in [2.24, 2.45) is 0 Å². The maximum Gasteiger partial charge on any atom is 0.189 e. The first-order valence-electron chi connectivity index (χ1n) is 5.65. The van der Waals surface area contributed by atoms with E-state index in [-0.39, 0.29) is 66.5 Å². The summed E-state index contributed by atoms with van der Waals surface area (Å²) in [6.45, 7) is 1.96. The van der Waals surface area contributed by atoms with Crippen LogP contribution in [0.15, 0.2) is 54.6 Å². The first-order valence-corrected chi connectivity index (χ1v) is 5.65. The normalized spacial score (nSPS) is 9.23. The van der Waals surface area contributed by atoms with E-state index < -0.39 is 0 Å². The van der Waals surface area contributed by atoms with Gasteiger partial charge >= 0.3 is 0 Å². The molecular weight excluding hydrogens is 349 g/mol. The van der Waals surface area contributed by atoms with Crippen molar-refractivity contribution in [1.82, 2.24) is 0 Å². The van der Waals surface area contributed by atoms with Gasteiger partial charge in [0.25, 0.3) is 0 Å². The van der Waals surface area contributed by atoms with Gasteiger partial charge in [-0.3, -0.25) is 4.79 Å². The molecule has 0 spiro atoms. The fourth-order valence-electron chi connectivity index (χ4n) is 1.57. The number of aliphatic hydroxyl groups is 1. The molecule has 0 aliphatic carbocycles. The van der Waals surface area contributed by atoms with Gasteiger partial charge in [-0.1, -0.05) is 50.2 Å². The average Bonchev–Trinajstić information content (AvgIpc) is 2.40. The minimum Gasteiger partial charge on any atom is -0.509 e. The number of carbonyl (C=O) groups is 1. The largest absolute Gasteiger partial charge is 0.509 e. The van der Waals surface area contributed by atoms with Gasteiger partial charge in [0, 0.05) is 44.3 Å². The smallest absolute Gasteiger partial charge is 0.189 e. The summed E-state index contributed by atoms with van der Waals surface area (Å²) in [6, 6.07) is 16.9. The Bertz CT molecular complexity index is 572. The van der Waals surface area contributed by atoms with E-state index in [2.05, 4.69) is 6.07 Å². The van der Waals surface area contributed by atoms with Crippen LogP contribution < -0.4 is 0 Å². The molecule has 117 valence electrons. The zero-order valence-electron chi connectivity index (χ0n) is 11.6. The van der Waals surface area contributed by atoms with Crippen LogP contribution in [0, 0.1) is 20.4 Å². The van der Waals surface area contributed by atoms with Crippen LogP contribution in [0.5, 0.6) is 0 Å². The van der Waals surface area contributed by atoms with Crippen molar-refractivity contribution in [3.8, 4) is 0 Å². The molecule has 2 nitrogen and oxygen atoms in total. The fourth-order valence-corrected chi connectivity index (χ4v) is 1.57. The molecule has 0 atom stereocenters. The summed E-state index contributed by atoms with van der Waals surface area (Å²) in [5.74, 6) is -0.241. The Balaban J connectivity index is -0.000000902. The van der Waals surface area contributed by atoms with E-state index in [0.717, 1.165) is 5.56 Å². The van der Waals surface area contributed by atoms with Crippen LogP contribution in [0.1, 0.15) is 36.3 Å². The van der Waals surface area contributed by atoms with Crippen LogP contribution in [0.4, 0.5) is 0 Å². The zero-order valence-corrected chi connectivity index (χ0v) is 14.5. The first kappa shape index (κ1) is 25.7. The third kappa shape index (κ3) is 7.15. The number of benzene rings is 2. The standard InChI is InChI=1S/C16H13O2.2CH4.CH3.Y/c1-12-7-9-14(10-8-12)16(18)11-15(17)13-5-3-2-4-6-13;;;;/h3-11,17H,1H3;2*1H4;1H3;/q-1;;;-1;/b15-11-;;;;. The molecule has 3 heteroatoms. The van der Waals surface area contributed by atoms with Gasteiger partial charge in [0.1, 0.15) is 5.76 Å². The molecular formula is C19H24O2Y-2. The van der Waals surface area contributed by atoms with Crippen molar-refractivity contribution in [3.05, 3.63) is 84.8 Å². The quantitative estimate of drug-likeness (QED) is 0.343. The molecule has 0 unspecified atom stereocenters. The third-order valence-corrected chi connectivity index (χ3v) is 2.62. The second-order valence-corrected chi connectivity index (χ2v) is 4.05. The minimum atomic E-state index is -0.208. The van der Waals surface area contributed by atoms with Crippen LogP contribution in [0.2, 0.25) is 0 Å². The van der Waals surface area contributed by atoms with Crippen molar-refractivity contribution in [2.75, 3.05) is 0 Å². The molecule has 2 rings (SSSR count). The van der Waals surface area contributed by atoms with Crippen LogP contribution in [-0.4, -0.2) is 10.9 Å². The Morgan fingerprint density at radius 1 is 1.00 bits per heavy atom. The second-order valence-electron chi connectivity index (χ2n) is 4.05. The molecule has 0 fully saturated rings. The summed E-state index contributed by atoms with van der Waals surface area (Å²) in [6.07, 6.45) is 1.24. The van der Waals surface area contributed by atoms with E-state index in [1.165, 1.54) is 6.08 Å². The van der Waals surface area contributed by atoms with E-state index >= 15 is 0 Å². The molecule has 0 aliphatic rings. The SMILES string of the molecule is C.C.Cc1ccc(C(=O)/C=C(\O)c2cc[c-]cc2)cc1.[CH3-].[Y]. The number of aliphatic hydroxyl groups excluding tert-OH is 1. The van der Waals surface area contributed by atoms with Crippen LogP contribution in [0.3, 0.4) is 0 Å². The van der Waals surface area contributed by atoms with Crippen molar-refractivity contribution < 1.29 is 42.6 Å². The topological polar surface area (TPSA) is 37.3 Å². The molecule has 1 N–H and O–H groups in total. The molecule has 22 heavy (non-hydrogen) atoms. The van der Waals surface area contributed by atoms with Gasteiger partial charge in [-0.2, -0.15) is 30.3 Å². The summed E-state index contributed by atoms with van der Waals surface area (Å²) >= 11 is 0. The van der Waals surface area contributed by atoms with Crippen molar-refractivity contribution in [1.29, 1.82) is 0 Å².